The van der Waals surface area contributed by atoms with Crippen molar-refractivity contribution < 1.29 is 14.3 Å². The van der Waals surface area contributed by atoms with Crippen molar-refractivity contribution in [1.29, 1.82) is 0 Å². The molecule has 1 aliphatic rings. The Morgan fingerprint density at radius 2 is 1.93 bits per heavy atom. The van der Waals surface area contributed by atoms with Crippen molar-refractivity contribution in [3.05, 3.63) is 0 Å². The average Bonchev–Trinajstić information content (AvgIpc) is 1.75. The second-order valence-corrected chi connectivity index (χ2v) is 4.59. The molecule has 1 amide bonds. The lowest BCUT2D eigenvalue weighted by Crippen LogP contribution is -2.55. The van der Waals surface area contributed by atoms with Crippen molar-refractivity contribution in [3.8, 4) is 0 Å². The number of ether oxygens (including phenoxy) is 1. The zero-order chi connectivity index (χ0) is 10.9. The van der Waals surface area contributed by atoms with Gasteiger partial charge >= 0.3 is 6.09 Å². The molecule has 1 heterocycles. The maximum atomic E-state index is 11.5. The summed E-state index contributed by atoms with van der Waals surface area (Å²) in [4.78, 5) is 24.0. The summed E-state index contributed by atoms with van der Waals surface area (Å²) in [6.07, 6.45) is 0.373. The van der Waals surface area contributed by atoms with E-state index in [9.17, 15) is 9.59 Å². The van der Waals surface area contributed by atoms with Crippen molar-refractivity contribution in [2.24, 2.45) is 0 Å². The van der Waals surface area contributed by atoms with Gasteiger partial charge in [-0.05, 0) is 34.1 Å². The molecule has 14 heavy (non-hydrogen) atoms. The van der Waals surface area contributed by atoms with Gasteiger partial charge in [-0.1, -0.05) is 0 Å². The summed E-state index contributed by atoms with van der Waals surface area (Å²) in [6.45, 7) is 7.56. The molecule has 0 aromatic heterocycles. The SMILES string of the molecule is CC(=O)[C@@H]1CCN1C(=O)OC(C)(C)C. The highest BCUT2D eigenvalue weighted by Crippen LogP contribution is 2.21. The topological polar surface area (TPSA) is 46.6 Å². The zero-order valence-corrected chi connectivity index (χ0v) is 9.16. The van der Waals surface area contributed by atoms with Gasteiger partial charge in [0.2, 0.25) is 0 Å². The van der Waals surface area contributed by atoms with Gasteiger partial charge in [0.05, 0.1) is 6.04 Å². The minimum absolute atomic E-state index is 0.0297. The van der Waals surface area contributed by atoms with E-state index in [2.05, 4.69) is 0 Å². The Bertz CT molecular complexity index is 255. The molecule has 0 N–H and O–H groups in total. The van der Waals surface area contributed by atoms with Crippen molar-refractivity contribution in [2.75, 3.05) is 6.54 Å². The monoisotopic (exact) mass is 199 g/mol. The largest absolute Gasteiger partial charge is 0.444 e. The number of carbonyl (C=O) groups excluding carboxylic acids is 2. The number of ketones is 1. The van der Waals surface area contributed by atoms with Crippen LogP contribution in [0.1, 0.15) is 34.1 Å². The van der Waals surface area contributed by atoms with Crippen molar-refractivity contribution >= 4 is 11.9 Å². The molecule has 0 unspecified atom stereocenters. The van der Waals surface area contributed by atoms with E-state index in [0.29, 0.717) is 6.54 Å². The summed E-state index contributed by atoms with van der Waals surface area (Å²) in [5.41, 5.74) is -0.492. The predicted molar refractivity (Wildman–Crippen MR) is 52.0 cm³/mol. The first-order valence-electron chi connectivity index (χ1n) is 4.81. The Morgan fingerprint density at radius 3 is 2.21 bits per heavy atom. The molecular weight excluding hydrogens is 182 g/mol. The fourth-order valence-electron chi connectivity index (χ4n) is 1.35. The average molecular weight is 199 g/mol. The lowest BCUT2D eigenvalue weighted by molar-refractivity contribution is -0.126. The number of carbonyl (C=O) groups is 2. The van der Waals surface area contributed by atoms with Gasteiger partial charge in [0.15, 0.2) is 5.78 Å². The van der Waals surface area contributed by atoms with Gasteiger partial charge in [-0.2, -0.15) is 0 Å². The Morgan fingerprint density at radius 1 is 1.36 bits per heavy atom. The first kappa shape index (κ1) is 11.0. The van der Waals surface area contributed by atoms with Crippen LogP contribution < -0.4 is 0 Å². The standard InChI is InChI=1S/C10H17NO3/c1-7(12)8-5-6-11(8)9(13)14-10(2,3)4/h8H,5-6H2,1-4H3/t8-/m0/s1. The quantitative estimate of drug-likeness (QED) is 0.644. The Kier molecular flexibility index (Phi) is 2.83. The fraction of sp³-hybridized carbons (Fsp3) is 0.800. The van der Waals surface area contributed by atoms with E-state index in [1.165, 1.54) is 11.8 Å². The van der Waals surface area contributed by atoms with Crippen LogP contribution >= 0.6 is 0 Å². The normalized spacial score (nSPS) is 21.4. The van der Waals surface area contributed by atoms with Crippen LogP contribution in [0.2, 0.25) is 0 Å². The number of rotatable bonds is 1. The van der Waals surface area contributed by atoms with Gasteiger partial charge in [0.1, 0.15) is 5.60 Å². The third kappa shape index (κ3) is 2.47. The molecule has 4 heteroatoms. The van der Waals surface area contributed by atoms with E-state index >= 15 is 0 Å². The molecule has 4 nitrogen and oxygen atoms in total. The number of amides is 1. The third-order valence-corrected chi connectivity index (χ3v) is 2.12. The smallest absolute Gasteiger partial charge is 0.410 e. The maximum absolute atomic E-state index is 11.5. The van der Waals surface area contributed by atoms with Crippen LogP contribution in [0.25, 0.3) is 0 Å². The first-order chi connectivity index (χ1) is 6.31. The number of hydrogen-bond donors (Lipinski definition) is 0. The maximum Gasteiger partial charge on any atom is 0.410 e. The summed E-state index contributed by atoms with van der Waals surface area (Å²) in [7, 11) is 0. The van der Waals surface area contributed by atoms with Gasteiger partial charge in [0.25, 0.3) is 0 Å². The van der Waals surface area contributed by atoms with Crippen LogP contribution in [-0.2, 0) is 9.53 Å². The minimum atomic E-state index is -0.492. The van der Waals surface area contributed by atoms with Crippen LogP contribution in [0.5, 0.6) is 0 Å². The predicted octanol–water partition coefficient (Wildman–Crippen LogP) is 1.58. The summed E-state index contributed by atoms with van der Waals surface area (Å²) >= 11 is 0. The molecule has 0 saturated carbocycles. The Balaban J connectivity index is 2.51. The highest BCUT2D eigenvalue weighted by atomic mass is 16.6. The molecule has 0 spiro atoms. The van der Waals surface area contributed by atoms with Crippen LogP contribution in [-0.4, -0.2) is 35.0 Å². The summed E-state index contributed by atoms with van der Waals surface area (Å²) in [5.74, 6) is 0.0297. The van der Waals surface area contributed by atoms with E-state index in [1.807, 2.05) is 20.8 Å². The number of hydrogen-bond acceptors (Lipinski definition) is 3. The second-order valence-electron chi connectivity index (χ2n) is 4.59. The van der Waals surface area contributed by atoms with E-state index in [4.69, 9.17) is 4.74 Å². The highest BCUT2D eigenvalue weighted by Gasteiger charge is 2.37. The lowest BCUT2D eigenvalue weighted by Gasteiger charge is -2.39. The highest BCUT2D eigenvalue weighted by molar-refractivity contribution is 5.87. The van der Waals surface area contributed by atoms with Crippen LogP contribution in [0.4, 0.5) is 4.79 Å². The first-order valence-corrected chi connectivity index (χ1v) is 4.81. The molecule has 80 valence electrons. The minimum Gasteiger partial charge on any atom is -0.444 e. The molecule has 1 rings (SSSR count). The molecule has 0 aliphatic carbocycles. The number of nitrogens with zero attached hydrogens (tertiary/aromatic N) is 1. The van der Waals surface area contributed by atoms with Gasteiger partial charge in [0, 0.05) is 6.54 Å². The Labute approximate surface area is 84.2 Å². The Hall–Kier alpha value is -1.06. The van der Waals surface area contributed by atoms with E-state index < -0.39 is 5.60 Å². The van der Waals surface area contributed by atoms with E-state index in [-0.39, 0.29) is 17.9 Å². The van der Waals surface area contributed by atoms with E-state index in [0.717, 1.165) is 6.42 Å². The van der Waals surface area contributed by atoms with E-state index in [1.54, 1.807) is 0 Å². The van der Waals surface area contributed by atoms with Crippen molar-refractivity contribution in [2.45, 2.75) is 45.8 Å². The molecule has 1 saturated heterocycles. The molecule has 1 fully saturated rings. The summed E-state index contributed by atoms with van der Waals surface area (Å²) in [5, 5.41) is 0. The molecular formula is C10H17NO3. The second kappa shape index (κ2) is 3.59. The fourth-order valence-corrected chi connectivity index (χ4v) is 1.35. The van der Waals surface area contributed by atoms with Gasteiger partial charge in [-0.15, -0.1) is 0 Å². The summed E-state index contributed by atoms with van der Waals surface area (Å²) < 4.78 is 5.16. The van der Waals surface area contributed by atoms with Gasteiger partial charge in [-0.3, -0.25) is 9.69 Å². The third-order valence-electron chi connectivity index (χ3n) is 2.12. The zero-order valence-electron chi connectivity index (χ0n) is 9.16. The summed E-state index contributed by atoms with van der Waals surface area (Å²) in [6, 6.07) is -0.259. The van der Waals surface area contributed by atoms with Crippen LogP contribution in [0.15, 0.2) is 0 Å². The van der Waals surface area contributed by atoms with Crippen molar-refractivity contribution in [1.82, 2.24) is 4.90 Å². The van der Waals surface area contributed by atoms with Crippen LogP contribution in [0.3, 0.4) is 0 Å². The van der Waals surface area contributed by atoms with Crippen molar-refractivity contribution in [3.63, 3.8) is 0 Å². The molecule has 0 radical (unpaired) electrons. The molecule has 0 bridgehead atoms. The molecule has 0 aromatic carbocycles. The molecule has 1 aliphatic heterocycles. The van der Waals surface area contributed by atoms with Gasteiger partial charge < -0.3 is 4.74 Å². The number of Topliss-reactive ketones (excluding diaryl/α,β-unsaturated/α-hetero) is 1. The van der Waals surface area contributed by atoms with Crippen LogP contribution in [0, 0.1) is 0 Å². The molecule has 1 atom stereocenters. The molecule has 0 aromatic rings. The lowest BCUT2D eigenvalue weighted by atomic mass is 10.0. The van der Waals surface area contributed by atoms with Gasteiger partial charge in [-0.25, -0.2) is 4.79 Å². The number of likely N-dealkylation sites (tertiary alicyclic amines) is 1.